The monoisotopic (exact) mass is 261 g/mol. The quantitative estimate of drug-likeness (QED) is 0.890. The van der Waals surface area contributed by atoms with Crippen LogP contribution in [0.5, 0.6) is 5.88 Å². The average Bonchev–Trinajstić information content (AvgIpc) is 2.70. The second-order valence-electron chi connectivity index (χ2n) is 4.64. The van der Waals surface area contributed by atoms with Crippen LogP contribution in [0.15, 0.2) is 18.3 Å². The Morgan fingerprint density at radius 1 is 1.37 bits per heavy atom. The standard InChI is InChI=1S/C13H19N5O/c1-9(2)19-12-7-10(3)16-13(17-12)14-8-11-5-6-15-18(11)4/h5-7,9H,8H2,1-4H3,(H,14,16,17). The zero-order valence-corrected chi connectivity index (χ0v) is 11.7. The first-order valence-electron chi connectivity index (χ1n) is 6.27. The molecule has 0 aliphatic rings. The maximum absolute atomic E-state index is 5.59. The topological polar surface area (TPSA) is 64.9 Å². The zero-order chi connectivity index (χ0) is 13.8. The lowest BCUT2D eigenvalue weighted by molar-refractivity contribution is 0.232. The summed E-state index contributed by atoms with van der Waals surface area (Å²) in [6, 6.07) is 3.78. The summed E-state index contributed by atoms with van der Waals surface area (Å²) in [5.74, 6) is 1.16. The number of nitrogens with zero attached hydrogens (tertiary/aromatic N) is 4. The molecule has 19 heavy (non-hydrogen) atoms. The molecule has 2 rings (SSSR count). The summed E-state index contributed by atoms with van der Waals surface area (Å²) < 4.78 is 7.40. The van der Waals surface area contributed by atoms with Gasteiger partial charge in [0.15, 0.2) is 0 Å². The highest BCUT2D eigenvalue weighted by Crippen LogP contribution is 2.14. The molecule has 0 atom stereocenters. The van der Waals surface area contributed by atoms with Crippen LogP contribution >= 0.6 is 0 Å². The van der Waals surface area contributed by atoms with Crippen LogP contribution in [0.4, 0.5) is 5.95 Å². The van der Waals surface area contributed by atoms with Crippen LogP contribution < -0.4 is 10.1 Å². The fourth-order valence-electron chi connectivity index (χ4n) is 1.66. The van der Waals surface area contributed by atoms with Gasteiger partial charge in [-0.05, 0) is 26.8 Å². The van der Waals surface area contributed by atoms with Crippen LogP contribution in [0, 0.1) is 6.92 Å². The summed E-state index contributed by atoms with van der Waals surface area (Å²) in [7, 11) is 1.90. The summed E-state index contributed by atoms with van der Waals surface area (Å²) in [6.45, 7) is 6.49. The van der Waals surface area contributed by atoms with Crippen molar-refractivity contribution in [3.8, 4) is 5.88 Å². The van der Waals surface area contributed by atoms with Crippen LogP contribution in [0.2, 0.25) is 0 Å². The van der Waals surface area contributed by atoms with Crippen LogP contribution in [-0.2, 0) is 13.6 Å². The zero-order valence-electron chi connectivity index (χ0n) is 11.7. The highest BCUT2D eigenvalue weighted by Gasteiger charge is 2.06. The van der Waals surface area contributed by atoms with Crippen molar-refractivity contribution >= 4 is 5.95 Å². The summed E-state index contributed by atoms with van der Waals surface area (Å²) in [5.41, 5.74) is 1.94. The summed E-state index contributed by atoms with van der Waals surface area (Å²) in [5, 5.41) is 7.29. The number of rotatable bonds is 5. The molecule has 0 fully saturated rings. The predicted molar refractivity (Wildman–Crippen MR) is 73.1 cm³/mol. The Morgan fingerprint density at radius 3 is 2.79 bits per heavy atom. The van der Waals surface area contributed by atoms with Gasteiger partial charge in [-0.25, -0.2) is 4.98 Å². The Kier molecular flexibility index (Phi) is 3.99. The van der Waals surface area contributed by atoms with Crippen molar-refractivity contribution in [1.29, 1.82) is 0 Å². The lowest BCUT2D eigenvalue weighted by Gasteiger charge is -2.11. The number of aromatic nitrogens is 4. The van der Waals surface area contributed by atoms with E-state index < -0.39 is 0 Å². The molecule has 0 aromatic carbocycles. The third kappa shape index (κ3) is 3.67. The van der Waals surface area contributed by atoms with E-state index in [1.165, 1.54) is 0 Å². The first-order chi connectivity index (χ1) is 9.04. The van der Waals surface area contributed by atoms with E-state index in [0.29, 0.717) is 18.4 Å². The molecule has 102 valence electrons. The molecule has 0 saturated heterocycles. The molecule has 0 saturated carbocycles. The third-order valence-electron chi connectivity index (χ3n) is 2.54. The second-order valence-corrected chi connectivity index (χ2v) is 4.64. The largest absolute Gasteiger partial charge is 0.475 e. The summed E-state index contributed by atoms with van der Waals surface area (Å²) in [4.78, 5) is 8.67. The first-order valence-corrected chi connectivity index (χ1v) is 6.27. The Balaban J connectivity index is 2.07. The van der Waals surface area contributed by atoms with E-state index in [9.17, 15) is 0 Å². The molecule has 6 nitrogen and oxygen atoms in total. The van der Waals surface area contributed by atoms with Gasteiger partial charge in [-0.3, -0.25) is 4.68 Å². The minimum Gasteiger partial charge on any atom is -0.475 e. The number of hydrogen-bond acceptors (Lipinski definition) is 5. The predicted octanol–water partition coefficient (Wildman–Crippen LogP) is 1.92. The van der Waals surface area contributed by atoms with Crippen molar-refractivity contribution in [3.05, 3.63) is 29.7 Å². The van der Waals surface area contributed by atoms with Gasteiger partial charge in [0.25, 0.3) is 0 Å². The minimum atomic E-state index is 0.0965. The molecule has 2 aromatic rings. The molecule has 0 unspecified atom stereocenters. The van der Waals surface area contributed by atoms with Gasteiger partial charge in [0.1, 0.15) is 0 Å². The Hall–Kier alpha value is -2.11. The normalized spacial score (nSPS) is 10.8. The molecule has 0 radical (unpaired) electrons. The maximum atomic E-state index is 5.59. The second kappa shape index (κ2) is 5.69. The molecular weight excluding hydrogens is 242 g/mol. The molecule has 0 bridgehead atoms. The summed E-state index contributed by atoms with van der Waals surface area (Å²) >= 11 is 0. The number of ether oxygens (including phenoxy) is 1. The van der Waals surface area contributed by atoms with Crippen LogP contribution in [-0.4, -0.2) is 25.9 Å². The molecule has 0 amide bonds. The first kappa shape index (κ1) is 13.3. The molecule has 2 aromatic heterocycles. The van der Waals surface area contributed by atoms with Gasteiger partial charge in [0, 0.05) is 25.0 Å². The highest BCUT2D eigenvalue weighted by atomic mass is 16.5. The van der Waals surface area contributed by atoms with Gasteiger partial charge in [-0.1, -0.05) is 0 Å². The number of aryl methyl sites for hydroxylation is 2. The van der Waals surface area contributed by atoms with Gasteiger partial charge in [0.05, 0.1) is 18.3 Å². The third-order valence-corrected chi connectivity index (χ3v) is 2.54. The number of anilines is 1. The molecule has 1 N–H and O–H groups in total. The van der Waals surface area contributed by atoms with Crippen LogP contribution in [0.1, 0.15) is 25.2 Å². The van der Waals surface area contributed by atoms with E-state index in [1.807, 2.05) is 44.6 Å². The fraction of sp³-hybridized carbons (Fsp3) is 0.462. The van der Waals surface area contributed by atoms with E-state index in [2.05, 4.69) is 20.4 Å². The average molecular weight is 261 g/mol. The molecular formula is C13H19N5O. The van der Waals surface area contributed by atoms with Crippen molar-refractivity contribution in [3.63, 3.8) is 0 Å². The SMILES string of the molecule is Cc1cc(OC(C)C)nc(NCc2ccnn2C)n1. The maximum Gasteiger partial charge on any atom is 0.226 e. The fourth-order valence-corrected chi connectivity index (χ4v) is 1.66. The van der Waals surface area contributed by atoms with E-state index in [1.54, 1.807) is 6.20 Å². The Bertz CT molecular complexity index is 550. The van der Waals surface area contributed by atoms with Crippen molar-refractivity contribution in [2.24, 2.45) is 7.05 Å². The van der Waals surface area contributed by atoms with Gasteiger partial charge < -0.3 is 10.1 Å². The minimum absolute atomic E-state index is 0.0965. The van der Waals surface area contributed by atoms with Gasteiger partial charge in [0.2, 0.25) is 11.8 Å². The Morgan fingerprint density at radius 2 is 2.16 bits per heavy atom. The van der Waals surface area contributed by atoms with Crippen molar-refractivity contribution in [1.82, 2.24) is 19.7 Å². The van der Waals surface area contributed by atoms with Crippen LogP contribution in [0.25, 0.3) is 0 Å². The van der Waals surface area contributed by atoms with Crippen molar-refractivity contribution in [2.45, 2.75) is 33.4 Å². The number of nitrogens with one attached hydrogen (secondary N) is 1. The van der Waals surface area contributed by atoms with Crippen molar-refractivity contribution < 1.29 is 4.74 Å². The lowest BCUT2D eigenvalue weighted by atomic mass is 10.4. The molecule has 6 heteroatoms. The van der Waals surface area contributed by atoms with E-state index in [4.69, 9.17) is 4.74 Å². The molecule has 0 aliphatic carbocycles. The van der Waals surface area contributed by atoms with Crippen molar-refractivity contribution in [2.75, 3.05) is 5.32 Å². The van der Waals surface area contributed by atoms with Gasteiger partial charge in [-0.2, -0.15) is 10.1 Å². The molecule has 0 spiro atoms. The highest BCUT2D eigenvalue weighted by molar-refractivity contribution is 5.31. The summed E-state index contributed by atoms with van der Waals surface area (Å²) in [6.07, 6.45) is 1.86. The molecule has 0 aliphatic heterocycles. The van der Waals surface area contributed by atoms with Gasteiger partial charge in [-0.15, -0.1) is 0 Å². The lowest BCUT2D eigenvalue weighted by Crippen LogP contribution is -2.11. The smallest absolute Gasteiger partial charge is 0.226 e. The van der Waals surface area contributed by atoms with Gasteiger partial charge >= 0.3 is 0 Å². The van der Waals surface area contributed by atoms with E-state index in [-0.39, 0.29) is 6.10 Å². The van der Waals surface area contributed by atoms with E-state index >= 15 is 0 Å². The number of hydrogen-bond donors (Lipinski definition) is 1. The van der Waals surface area contributed by atoms with E-state index in [0.717, 1.165) is 11.4 Å². The molecule has 2 heterocycles. The van der Waals surface area contributed by atoms with Crippen LogP contribution in [0.3, 0.4) is 0 Å². The Labute approximate surface area is 112 Å².